The van der Waals surface area contributed by atoms with Crippen LogP contribution in [0.5, 0.6) is 0 Å². The van der Waals surface area contributed by atoms with Gasteiger partial charge in [0.2, 0.25) is 0 Å². The van der Waals surface area contributed by atoms with Gasteiger partial charge in [0.25, 0.3) is 0 Å². The molecule has 1 heterocycles. The zero-order valence-electron chi connectivity index (χ0n) is 10.00. The Hall–Kier alpha value is -0.610. The number of aryl methyl sites for hydroxylation is 1. The lowest BCUT2D eigenvalue weighted by molar-refractivity contribution is 0.166. The van der Waals surface area contributed by atoms with Gasteiger partial charge in [-0.2, -0.15) is 0 Å². The SMILES string of the molecule is Cc1cc(NCC(C)CC(C)O)ncc1Br. The maximum absolute atomic E-state index is 9.25. The summed E-state index contributed by atoms with van der Waals surface area (Å²) in [6.07, 6.45) is 2.37. The zero-order chi connectivity index (χ0) is 12.1. The highest BCUT2D eigenvalue weighted by atomic mass is 79.9. The van der Waals surface area contributed by atoms with Crippen molar-refractivity contribution in [1.29, 1.82) is 0 Å². The van der Waals surface area contributed by atoms with E-state index >= 15 is 0 Å². The number of halogens is 1. The van der Waals surface area contributed by atoms with Crippen molar-refractivity contribution in [3.63, 3.8) is 0 Å². The average molecular weight is 287 g/mol. The number of nitrogens with zero attached hydrogens (tertiary/aromatic N) is 1. The monoisotopic (exact) mass is 286 g/mol. The maximum Gasteiger partial charge on any atom is 0.126 e. The summed E-state index contributed by atoms with van der Waals surface area (Å²) in [5, 5.41) is 12.5. The summed E-state index contributed by atoms with van der Waals surface area (Å²) in [5.41, 5.74) is 1.17. The molecule has 90 valence electrons. The van der Waals surface area contributed by atoms with Crippen LogP contribution in [0.1, 0.15) is 25.8 Å². The van der Waals surface area contributed by atoms with E-state index in [0.29, 0.717) is 5.92 Å². The predicted molar refractivity (Wildman–Crippen MR) is 70.6 cm³/mol. The van der Waals surface area contributed by atoms with Gasteiger partial charge in [0.1, 0.15) is 5.82 Å². The molecule has 0 aromatic carbocycles. The Labute approximate surface area is 105 Å². The summed E-state index contributed by atoms with van der Waals surface area (Å²) in [7, 11) is 0. The van der Waals surface area contributed by atoms with Gasteiger partial charge >= 0.3 is 0 Å². The number of nitrogens with one attached hydrogen (secondary N) is 1. The normalized spacial score (nSPS) is 14.6. The summed E-state index contributed by atoms with van der Waals surface area (Å²) in [5.74, 6) is 1.32. The molecule has 0 aliphatic rings. The first-order chi connectivity index (χ1) is 7.49. The molecule has 0 spiro atoms. The van der Waals surface area contributed by atoms with E-state index in [0.717, 1.165) is 23.3 Å². The lowest BCUT2D eigenvalue weighted by Crippen LogP contribution is -2.16. The Morgan fingerprint density at radius 1 is 1.50 bits per heavy atom. The van der Waals surface area contributed by atoms with Gasteiger partial charge in [-0.1, -0.05) is 6.92 Å². The number of aromatic nitrogens is 1. The summed E-state index contributed by atoms with van der Waals surface area (Å²) in [6, 6.07) is 2.01. The van der Waals surface area contributed by atoms with Gasteiger partial charge in [0.05, 0.1) is 6.10 Å². The number of aliphatic hydroxyl groups is 1. The van der Waals surface area contributed by atoms with Crippen molar-refractivity contribution in [2.24, 2.45) is 5.92 Å². The van der Waals surface area contributed by atoms with Crippen molar-refractivity contribution in [2.45, 2.75) is 33.3 Å². The van der Waals surface area contributed by atoms with Crippen LogP contribution in [0.15, 0.2) is 16.7 Å². The van der Waals surface area contributed by atoms with Crippen molar-refractivity contribution in [2.75, 3.05) is 11.9 Å². The van der Waals surface area contributed by atoms with Crippen LogP contribution >= 0.6 is 15.9 Å². The van der Waals surface area contributed by atoms with E-state index < -0.39 is 0 Å². The lowest BCUT2D eigenvalue weighted by Gasteiger charge is -2.14. The molecule has 0 radical (unpaired) electrons. The zero-order valence-corrected chi connectivity index (χ0v) is 11.6. The molecule has 0 fully saturated rings. The van der Waals surface area contributed by atoms with Gasteiger partial charge in [-0.25, -0.2) is 4.98 Å². The number of rotatable bonds is 5. The van der Waals surface area contributed by atoms with Gasteiger partial charge in [-0.15, -0.1) is 0 Å². The van der Waals surface area contributed by atoms with Crippen LogP contribution in [0.25, 0.3) is 0 Å². The minimum atomic E-state index is -0.239. The van der Waals surface area contributed by atoms with Crippen molar-refractivity contribution in [3.8, 4) is 0 Å². The molecule has 2 unspecified atom stereocenters. The van der Waals surface area contributed by atoms with E-state index in [1.807, 2.05) is 19.9 Å². The Bertz CT molecular complexity index is 342. The van der Waals surface area contributed by atoms with Crippen molar-refractivity contribution in [1.82, 2.24) is 4.98 Å². The fourth-order valence-corrected chi connectivity index (χ4v) is 1.80. The third-order valence-corrected chi connectivity index (χ3v) is 3.25. The van der Waals surface area contributed by atoms with Crippen LogP contribution in [0, 0.1) is 12.8 Å². The number of hydrogen-bond donors (Lipinski definition) is 2. The molecule has 16 heavy (non-hydrogen) atoms. The first-order valence-electron chi connectivity index (χ1n) is 5.53. The van der Waals surface area contributed by atoms with Crippen LogP contribution < -0.4 is 5.32 Å². The van der Waals surface area contributed by atoms with Crippen LogP contribution in [0.4, 0.5) is 5.82 Å². The average Bonchev–Trinajstić information content (AvgIpc) is 2.19. The predicted octanol–water partition coefficient (Wildman–Crippen LogP) is 2.97. The quantitative estimate of drug-likeness (QED) is 0.875. The number of pyridine rings is 1. The number of aliphatic hydroxyl groups excluding tert-OH is 1. The van der Waals surface area contributed by atoms with Crippen LogP contribution in [0.3, 0.4) is 0 Å². The van der Waals surface area contributed by atoms with E-state index in [2.05, 4.69) is 33.2 Å². The smallest absolute Gasteiger partial charge is 0.126 e. The number of anilines is 1. The van der Waals surface area contributed by atoms with Gasteiger partial charge < -0.3 is 10.4 Å². The van der Waals surface area contributed by atoms with Crippen LogP contribution in [-0.2, 0) is 0 Å². The summed E-state index contributed by atoms with van der Waals surface area (Å²) in [6.45, 7) is 6.80. The summed E-state index contributed by atoms with van der Waals surface area (Å²) >= 11 is 3.42. The third kappa shape index (κ3) is 4.49. The first-order valence-corrected chi connectivity index (χ1v) is 6.32. The molecule has 4 heteroatoms. The van der Waals surface area contributed by atoms with E-state index in [-0.39, 0.29) is 6.10 Å². The summed E-state index contributed by atoms with van der Waals surface area (Å²) in [4.78, 5) is 4.27. The second kappa shape index (κ2) is 6.21. The minimum Gasteiger partial charge on any atom is -0.393 e. The molecular formula is C12H19BrN2O. The third-order valence-electron chi connectivity index (χ3n) is 2.42. The first kappa shape index (κ1) is 13.5. The van der Waals surface area contributed by atoms with Gasteiger partial charge in [0, 0.05) is 17.2 Å². The molecule has 0 aliphatic carbocycles. The fourth-order valence-electron chi connectivity index (χ4n) is 1.58. The fraction of sp³-hybridized carbons (Fsp3) is 0.583. The number of hydrogen-bond acceptors (Lipinski definition) is 3. The highest BCUT2D eigenvalue weighted by molar-refractivity contribution is 9.10. The molecule has 0 saturated heterocycles. The largest absolute Gasteiger partial charge is 0.393 e. The Morgan fingerprint density at radius 3 is 2.75 bits per heavy atom. The maximum atomic E-state index is 9.25. The standard InChI is InChI=1S/C12H19BrN2O/c1-8(4-10(3)16)6-14-12-5-9(2)11(13)7-15-12/h5,7-8,10,16H,4,6H2,1-3H3,(H,14,15). The van der Waals surface area contributed by atoms with Gasteiger partial charge in [-0.3, -0.25) is 0 Å². The Kier molecular flexibility index (Phi) is 5.22. The Balaban J connectivity index is 2.45. The molecular weight excluding hydrogens is 268 g/mol. The van der Waals surface area contributed by atoms with E-state index in [1.165, 1.54) is 5.56 Å². The highest BCUT2D eigenvalue weighted by Crippen LogP contribution is 2.17. The lowest BCUT2D eigenvalue weighted by atomic mass is 10.0. The molecule has 1 aromatic rings. The minimum absolute atomic E-state index is 0.239. The molecule has 2 N–H and O–H groups in total. The molecule has 1 rings (SSSR count). The van der Waals surface area contributed by atoms with Crippen molar-refractivity contribution >= 4 is 21.7 Å². The van der Waals surface area contributed by atoms with E-state index in [1.54, 1.807) is 6.20 Å². The molecule has 0 saturated carbocycles. The summed E-state index contributed by atoms with van der Waals surface area (Å²) < 4.78 is 1.02. The van der Waals surface area contributed by atoms with Crippen LogP contribution in [-0.4, -0.2) is 22.7 Å². The van der Waals surface area contributed by atoms with Gasteiger partial charge in [-0.05, 0) is 53.7 Å². The molecule has 0 amide bonds. The Morgan fingerprint density at radius 2 is 2.19 bits per heavy atom. The molecule has 3 nitrogen and oxygen atoms in total. The van der Waals surface area contributed by atoms with E-state index in [9.17, 15) is 5.11 Å². The van der Waals surface area contributed by atoms with Crippen molar-refractivity contribution in [3.05, 3.63) is 22.3 Å². The molecule has 2 atom stereocenters. The second-order valence-electron chi connectivity index (χ2n) is 4.39. The second-order valence-corrected chi connectivity index (χ2v) is 5.24. The van der Waals surface area contributed by atoms with Gasteiger partial charge in [0.15, 0.2) is 0 Å². The topological polar surface area (TPSA) is 45.1 Å². The molecule has 0 bridgehead atoms. The highest BCUT2D eigenvalue weighted by Gasteiger charge is 2.06. The van der Waals surface area contributed by atoms with Crippen molar-refractivity contribution < 1.29 is 5.11 Å². The van der Waals surface area contributed by atoms with E-state index in [4.69, 9.17) is 0 Å². The van der Waals surface area contributed by atoms with Crippen LogP contribution in [0.2, 0.25) is 0 Å². The molecule has 1 aromatic heterocycles. The molecule has 0 aliphatic heterocycles.